The number of hydrogen-bond acceptors (Lipinski definition) is 3. The van der Waals surface area contributed by atoms with E-state index in [1.807, 2.05) is 31.2 Å². The zero-order valence-corrected chi connectivity index (χ0v) is 15.4. The fourth-order valence-corrected chi connectivity index (χ4v) is 2.98. The quantitative estimate of drug-likeness (QED) is 0.678. The van der Waals surface area contributed by atoms with Crippen LogP contribution in [0.2, 0.25) is 0 Å². The molecule has 0 heterocycles. The second-order valence-corrected chi connectivity index (χ2v) is 6.19. The van der Waals surface area contributed by atoms with Gasteiger partial charge in [0.05, 0.1) is 12.6 Å². The van der Waals surface area contributed by atoms with Crippen LogP contribution in [-0.4, -0.2) is 18.6 Å². The summed E-state index contributed by atoms with van der Waals surface area (Å²) >= 11 is 0. The first-order valence-corrected chi connectivity index (χ1v) is 8.91. The van der Waals surface area contributed by atoms with Crippen LogP contribution in [0, 0.1) is 0 Å². The highest BCUT2D eigenvalue weighted by molar-refractivity contribution is 5.96. The smallest absolute Gasteiger partial charge is 0.411 e. The number of fused-ring (bicyclic) bond motifs is 1. The standard InChI is InChI=1S/C22H22N2O3/c1-3-27-22(26)24-18-13-11-17(12-14-18)21(25)23-15(2)19-10-6-8-16-7-4-5-9-20(16)19/h4-15H,3H2,1-2H3,(H,23,25)(H,24,26). The summed E-state index contributed by atoms with van der Waals surface area (Å²) in [6, 6.07) is 20.8. The van der Waals surface area contributed by atoms with Crippen molar-refractivity contribution >= 4 is 28.5 Å². The summed E-state index contributed by atoms with van der Waals surface area (Å²) in [6.07, 6.45) is -0.515. The molecular formula is C22H22N2O3. The molecule has 0 bridgehead atoms. The summed E-state index contributed by atoms with van der Waals surface area (Å²) in [5.41, 5.74) is 2.17. The van der Waals surface area contributed by atoms with Crippen molar-refractivity contribution in [2.24, 2.45) is 0 Å². The maximum Gasteiger partial charge on any atom is 0.411 e. The Bertz CT molecular complexity index is 946. The summed E-state index contributed by atoms with van der Waals surface area (Å²) < 4.78 is 4.83. The van der Waals surface area contributed by atoms with Crippen molar-refractivity contribution in [3.8, 4) is 0 Å². The minimum Gasteiger partial charge on any atom is -0.450 e. The molecule has 0 aromatic heterocycles. The normalized spacial score (nSPS) is 11.6. The van der Waals surface area contributed by atoms with E-state index in [1.165, 1.54) is 0 Å². The van der Waals surface area contributed by atoms with Crippen LogP contribution in [0.4, 0.5) is 10.5 Å². The van der Waals surface area contributed by atoms with E-state index in [1.54, 1.807) is 31.2 Å². The van der Waals surface area contributed by atoms with Crippen LogP contribution in [-0.2, 0) is 4.74 Å². The van der Waals surface area contributed by atoms with Gasteiger partial charge in [-0.15, -0.1) is 0 Å². The highest BCUT2D eigenvalue weighted by Gasteiger charge is 2.14. The second-order valence-electron chi connectivity index (χ2n) is 6.19. The van der Waals surface area contributed by atoms with Crippen molar-refractivity contribution in [2.75, 3.05) is 11.9 Å². The van der Waals surface area contributed by atoms with Crippen LogP contribution < -0.4 is 10.6 Å². The second kappa shape index (κ2) is 8.36. The summed E-state index contributed by atoms with van der Waals surface area (Å²) in [7, 11) is 0. The SMILES string of the molecule is CCOC(=O)Nc1ccc(C(=O)NC(C)c2cccc3ccccc23)cc1. The number of amides is 2. The van der Waals surface area contributed by atoms with Gasteiger partial charge in [-0.05, 0) is 54.4 Å². The fraction of sp³-hybridized carbons (Fsp3) is 0.182. The number of rotatable bonds is 5. The van der Waals surface area contributed by atoms with Gasteiger partial charge in [0, 0.05) is 11.3 Å². The average molecular weight is 362 g/mol. The van der Waals surface area contributed by atoms with Crippen LogP contribution in [0.15, 0.2) is 66.7 Å². The van der Waals surface area contributed by atoms with E-state index in [-0.39, 0.29) is 11.9 Å². The number of benzene rings is 3. The van der Waals surface area contributed by atoms with E-state index in [2.05, 4.69) is 28.8 Å². The number of carbonyl (C=O) groups is 2. The third-order valence-electron chi connectivity index (χ3n) is 4.31. The molecule has 138 valence electrons. The molecule has 0 radical (unpaired) electrons. The van der Waals surface area contributed by atoms with Crippen molar-refractivity contribution in [2.45, 2.75) is 19.9 Å². The molecule has 0 saturated heterocycles. The lowest BCUT2D eigenvalue weighted by Gasteiger charge is -2.17. The predicted molar refractivity (Wildman–Crippen MR) is 107 cm³/mol. The first kappa shape index (κ1) is 18.5. The Hall–Kier alpha value is -3.34. The molecule has 0 fully saturated rings. The average Bonchev–Trinajstić information content (AvgIpc) is 2.68. The predicted octanol–water partition coefficient (Wildman–Crippen LogP) is 4.90. The van der Waals surface area contributed by atoms with E-state index < -0.39 is 6.09 Å². The van der Waals surface area contributed by atoms with Crippen molar-refractivity contribution < 1.29 is 14.3 Å². The van der Waals surface area contributed by atoms with Crippen molar-refractivity contribution in [1.29, 1.82) is 0 Å². The molecule has 0 aliphatic rings. The lowest BCUT2D eigenvalue weighted by Crippen LogP contribution is -2.26. The van der Waals surface area contributed by atoms with Gasteiger partial charge in [0.2, 0.25) is 0 Å². The Morgan fingerprint density at radius 1 is 0.963 bits per heavy atom. The summed E-state index contributed by atoms with van der Waals surface area (Å²) in [5.74, 6) is -0.168. The van der Waals surface area contributed by atoms with E-state index in [9.17, 15) is 9.59 Å². The summed E-state index contributed by atoms with van der Waals surface area (Å²) in [6.45, 7) is 4.01. The minimum atomic E-state index is -0.515. The first-order valence-electron chi connectivity index (χ1n) is 8.91. The van der Waals surface area contributed by atoms with Gasteiger partial charge >= 0.3 is 6.09 Å². The van der Waals surface area contributed by atoms with E-state index in [0.717, 1.165) is 16.3 Å². The molecule has 3 rings (SSSR count). The van der Waals surface area contributed by atoms with Gasteiger partial charge in [0.25, 0.3) is 5.91 Å². The van der Waals surface area contributed by atoms with Gasteiger partial charge < -0.3 is 10.1 Å². The number of carbonyl (C=O) groups excluding carboxylic acids is 2. The summed E-state index contributed by atoms with van der Waals surface area (Å²) in [5, 5.41) is 7.91. The Balaban J connectivity index is 1.70. The molecule has 0 saturated carbocycles. The molecule has 1 unspecified atom stereocenters. The van der Waals surface area contributed by atoms with Gasteiger partial charge in [-0.1, -0.05) is 42.5 Å². The van der Waals surface area contributed by atoms with E-state index in [0.29, 0.717) is 17.9 Å². The minimum absolute atomic E-state index is 0.138. The topological polar surface area (TPSA) is 67.4 Å². The molecule has 0 aliphatic carbocycles. The lowest BCUT2D eigenvalue weighted by molar-refractivity contribution is 0.0940. The molecule has 27 heavy (non-hydrogen) atoms. The fourth-order valence-electron chi connectivity index (χ4n) is 2.98. The zero-order valence-electron chi connectivity index (χ0n) is 15.4. The molecule has 0 spiro atoms. The van der Waals surface area contributed by atoms with Gasteiger partial charge in [-0.25, -0.2) is 4.79 Å². The molecular weight excluding hydrogens is 340 g/mol. The Morgan fingerprint density at radius 3 is 2.41 bits per heavy atom. The lowest BCUT2D eigenvalue weighted by atomic mass is 9.99. The zero-order chi connectivity index (χ0) is 19.2. The third kappa shape index (κ3) is 4.44. The van der Waals surface area contributed by atoms with Gasteiger partial charge in [-0.2, -0.15) is 0 Å². The molecule has 2 amide bonds. The third-order valence-corrected chi connectivity index (χ3v) is 4.31. The first-order chi connectivity index (χ1) is 13.1. The molecule has 3 aromatic carbocycles. The van der Waals surface area contributed by atoms with Crippen molar-refractivity contribution in [3.05, 3.63) is 77.9 Å². The van der Waals surface area contributed by atoms with Crippen LogP contribution in [0.5, 0.6) is 0 Å². The van der Waals surface area contributed by atoms with Crippen molar-refractivity contribution in [1.82, 2.24) is 5.32 Å². The van der Waals surface area contributed by atoms with Gasteiger partial charge in [-0.3, -0.25) is 10.1 Å². The monoisotopic (exact) mass is 362 g/mol. The maximum absolute atomic E-state index is 12.6. The molecule has 3 aromatic rings. The highest BCUT2D eigenvalue weighted by atomic mass is 16.5. The van der Waals surface area contributed by atoms with Crippen LogP contribution in [0.3, 0.4) is 0 Å². The van der Waals surface area contributed by atoms with Gasteiger partial charge in [0.15, 0.2) is 0 Å². The van der Waals surface area contributed by atoms with E-state index >= 15 is 0 Å². The summed E-state index contributed by atoms with van der Waals surface area (Å²) in [4.78, 5) is 24.0. The number of nitrogens with one attached hydrogen (secondary N) is 2. The van der Waals surface area contributed by atoms with Crippen LogP contribution in [0.1, 0.15) is 35.8 Å². The maximum atomic E-state index is 12.6. The largest absolute Gasteiger partial charge is 0.450 e. The molecule has 0 aliphatic heterocycles. The number of hydrogen-bond donors (Lipinski definition) is 2. The Kier molecular flexibility index (Phi) is 5.71. The number of anilines is 1. The molecule has 2 N–H and O–H groups in total. The van der Waals surface area contributed by atoms with Crippen molar-refractivity contribution in [3.63, 3.8) is 0 Å². The molecule has 5 nitrogen and oxygen atoms in total. The molecule has 1 atom stereocenters. The Morgan fingerprint density at radius 2 is 1.67 bits per heavy atom. The highest BCUT2D eigenvalue weighted by Crippen LogP contribution is 2.24. The number of ether oxygens (including phenoxy) is 1. The van der Waals surface area contributed by atoms with E-state index in [4.69, 9.17) is 4.74 Å². The van der Waals surface area contributed by atoms with Crippen LogP contribution in [0.25, 0.3) is 10.8 Å². The molecule has 5 heteroatoms. The van der Waals surface area contributed by atoms with Gasteiger partial charge in [0.1, 0.15) is 0 Å². The Labute approximate surface area is 158 Å². The van der Waals surface area contributed by atoms with Crippen LogP contribution >= 0.6 is 0 Å².